The van der Waals surface area contributed by atoms with Crippen molar-refractivity contribution in [3.8, 4) is 11.3 Å². The number of aromatic nitrogens is 1. The summed E-state index contributed by atoms with van der Waals surface area (Å²) in [6, 6.07) is 14.0. The van der Waals surface area contributed by atoms with Crippen LogP contribution >= 0.6 is 11.3 Å². The number of hydrogen-bond donors (Lipinski definition) is 3. The van der Waals surface area contributed by atoms with Crippen LogP contribution in [-0.2, 0) is 14.4 Å². The molecule has 2 aromatic carbocycles. The van der Waals surface area contributed by atoms with Crippen molar-refractivity contribution in [2.75, 3.05) is 10.3 Å². The van der Waals surface area contributed by atoms with E-state index in [0.29, 0.717) is 16.4 Å². The number of nitrogens with zero attached hydrogens (tertiary/aromatic N) is 2. The summed E-state index contributed by atoms with van der Waals surface area (Å²) >= 11 is 1.31. The maximum Gasteiger partial charge on any atom is 0.257 e. The number of rotatable bonds is 6. The summed E-state index contributed by atoms with van der Waals surface area (Å²) in [6.07, 6.45) is 0.323. The van der Waals surface area contributed by atoms with Gasteiger partial charge in [-0.05, 0) is 36.8 Å². The normalized spacial score (nSPS) is 14.4. The predicted molar refractivity (Wildman–Crippen MR) is 129 cm³/mol. The molecule has 1 aromatic heterocycles. The van der Waals surface area contributed by atoms with Crippen LogP contribution in [0.1, 0.15) is 48.7 Å². The first-order valence-electron chi connectivity index (χ1n) is 10.7. The van der Waals surface area contributed by atoms with Gasteiger partial charge in [-0.1, -0.05) is 24.3 Å². The van der Waals surface area contributed by atoms with E-state index in [0.717, 1.165) is 16.8 Å². The molecule has 10 heteroatoms. The standard InChI is InChI=1S/C24H23N5O4S/c1-14(25-15(2)30)16-3-5-17(6-4-16)20-13-34-24(26-20)27-23(33)18-7-9-19(10-8-18)29-22(32)12-11-21(31)28-29/h3-10,13-14H,11-12H2,1-2H3,(H,25,30)(H,28,31)(H,26,27,33). The van der Waals surface area contributed by atoms with Crippen LogP contribution in [0, 0.1) is 0 Å². The first kappa shape index (κ1) is 23.1. The number of hydrogen-bond acceptors (Lipinski definition) is 6. The molecule has 1 unspecified atom stereocenters. The Bertz CT molecular complexity index is 1240. The van der Waals surface area contributed by atoms with Crippen molar-refractivity contribution >= 4 is 45.8 Å². The summed E-state index contributed by atoms with van der Waals surface area (Å²) < 4.78 is 0. The van der Waals surface area contributed by atoms with E-state index in [1.54, 1.807) is 24.3 Å². The minimum Gasteiger partial charge on any atom is -0.350 e. The summed E-state index contributed by atoms with van der Waals surface area (Å²) in [6.45, 7) is 3.40. The highest BCUT2D eigenvalue weighted by atomic mass is 32.1. The van der Waals surface area contributed by atoms with Crippen LogP contribution in [0.4, 0.5) is 10.8 Å². The third-order valence-corrected chi connectivity index (χ3v) is 6.05. The second-order valence-corrected chi connectivity index (χ2v) is 8.71. The van der Waals surface area contributed by atoms with Crippen molar-refractivity contribution in [3.63, 3.8) is 0 Å². The Hall–Kier alpha value is -4.05. The van der Waals surface area contributed by atoms with Crippen molar-refractivity contribution < 1.29 is 19.2 Å². The molecule has 0 aliphatic carbocycles. The number of anilines is 2. The van der Waals surface area contributed by atoms with Crippen LogP contribution in [0.5, 0.6) is 0 Å². The van der Waals surface area contributed by atoms with Gasteiger partial charge in [-0.25, -0.2) is 9.99 Å². The quantitative estimate of drug-likeness (QED) is 0.502. The van der Waals surface area contributed by atoms with Gasteiger partial charge in [0.1, 0.15) is 0 Å². The molecule has 34 heavy (non-hydrogen) atoms. The highest BCUT2D eigenvalue weighted by Crippen LogP contribution is 2.27. The Morgan fingerprint density at radius 1 is 1.06 bits per heavy atom. The fourth-order valence-electron chi connectivity index (χ4n) is 3.51. The Balaban J connectivity index is 1.40. The fraction of sp³-hybridized carbons (Fsp3) is 0.208. The number of amides is 4. The van der Waals surface area contributed by atoms with E-state index in [1.165, 1.54) is 23.3 Å². The maximum atomic E-state index is 12.6. The maximum absolute atomic E-state index is 12.6. The van der Waals surface area contributed by atoms with Crippen LogP contribution in [0.25, 0.3) is 11.3 Å². The van der Waals surface area contributed by atoms with Crippen LogP contribution in [-0.4, -0.2) is 28.6 Å². The van der Waals surface area contributed by atoms with Gasteiger partial charge in [0.15, 0.2) is 5.13 Å². The number of carbonyl (C=O) groups is 4. The Morgan fingerprint density at radius 3 is 2.44 bits per heavy atom. The number of thiazole rings is 1. The molecule has 1 aliphatic heterocycles. The van der Waals surface area contributed by atoms with E-state index >= 15 is 0 Å². The Kier molecular flexibility index (Phi) is 6.69. The zero-order valence-corrected chi connectivity index (χ0v) is 19.4. The van der Waals surface area contributed by atoms with Crippen molar-refractivity contribution in [2.24, 2.45) is 0 Å². The molecule has 3 N–H and O–H groups in total. The average molecular weight is 478 g/mol. The summed E-state index contributed by atoms with van der Waals surface area (Å²) in [5, 5.41) is 9.14. The minimum absolute atomic E-state index is 0.0853. The molecule has 0 spiro atoms. The molecule has 174 valence electrons. The highest BCUT2D eigenvalue weighted by Gasteiger charge is 2.24. The van der Waals surface area contributed by atoms with Crippen LogP contribution in [0.2, 0.25) is 0 Å². The van der Waals surface area contributed by atoms with Crippen LogP contribution in [0.3, 0.4) is 0 Å². The molecule has 1 atom stereocenters. The van der Waals surface area contributed by atoms with Crippen molar-refractivity contribution in [3.05, 3.63) is 65.0 Å². The van der Waals surface area contributed by atoms with Gasteiger partial charge in [-0.2, -0.15) is 0 Å². The zero-order chi connectivity index (χ0) is 24.2. The SMILES string of the molecule is CC(=O)NC(C)c1ccc(-c2csc(NC(=O)c3ccc(N4NC(=O)CCC4=O)cc3)n2)cc1. The molecule has 1 fully saturated rings. The van der Waals surface area contributed by atoms with Crippen LogP contribution in [0.15, 0.2) is 53.9 Å². The smallest absolute Gasteiger partial charge is 0.257 e. The van der Waals surface area contributed by atoms with Crippen molar-refractivity contribution in [2.45, 2.75) is 32.7 Å². The van der Waals surface area contributed by atoms with Crippen molar-refractivity contribution in [1.82, 2.24) is 15.7 Å². The first-order chi connectivity index (χ1) is 16.3. The van der Waals surface area contributed by atoms with Gasteiger partial charge in [0.2, 0.25) is 17.7 Å². The lowest BCUT2D eigenvalue weighted by Gasteiger charge is -2.27. The Labute approximate surface area is 200 Å². The molecular weight excluding hydrogens is 454 g/mol. The molecule has 1 aliphatic rings. The van der Waals surface area contributed by atoms with Gasteiger partial charge in [-0.3, -0.25) is 29.9 Å². The largest absolute Gasteiger partial charge is 0.350 e. The van der Waals surface area contributed by atoms with E-state index in [9.17, 15) is 19.2 Å². The van der Waals surface area contributed by atoms with E-state index < -0.39 is 0 Å². The molecule has 1 saturated heterocycles. The average Bonchev–Trinajstić information content (AvgIpc) is 3.29. The lowest BCUT2D eigenvalue weighted by Crippen LogP contribution is -2.50. The van der Waals surface area contributed by atoms with Gasteiger partial charge in [-0.15, -0.1) is 11.3 Å². The van der Waals surface area contributed by atoms with Gasteiger partial charge >= 0.3 is 0 Å². The summed E-state index contributed by atoms with van der Waals surface area (Å²) in [5.74, 6) is -0.846. The number of hydrazine groups is 1. The lowest BCUT2D eigenvalue weighted by molar-refractivity contribution is -0.130. The molecule has 3 aromatic rings. The van der Waals surface area contributed by atoms with E-state index in [4.69, 9.17) is 0 Å². The van der Waals surface area contributed by atoms with Gasteiger partial charge in [0.25, 0.3) is 5.91 Å². The summed E-state index contributed by atoms with van der Waals surface area (Å²) in [7, 11) is 0. The molecule has 4 amide bonds. The Morgan fingerprint density at radius 2 is 1.76 bits per heavy atom. The van der Waals surface area contributed by atoms with Gasteiger partial charge < -0.3 is 5.32 Å². The minimum atomic E-state index is -0.332. The number of nitrogens with one attached hydrogen (secondary N) is 3. The van der Waals surface area contributed by atoms with E-state index in [2.05, 4.69) is 21.0 Å². The molecule has 0 bridgehead atoms. The predicted octanol–water partition coefficient (Wildman–Crippen LogP) is 3.42. The van der Waals surface area contributed by atoms with E-state index in [1.807, 2.05) is 36.6 Å². The highest BCUT2D eigenvalue weighted by molar-refractivity contribution is 7.14. The third kappa shape index (κ3) is 5.29. The number of carbonyl (C=O) groups excluding carboxylic acids is 4. The topological polar surface area (TPSA) is 120 Å². The van der Waals surface area contributed by atoms with Gasteiger partial charge in [0.05, 0.1) is 17.4 Å². The second-order valence-electron chi connectivity index (χ2n) is 7.85. The van der Waals surface area contributed by atoms with E-state index in [-0.39, 0.29) is 42.5 Å². The zero-order valence-electron chi connectivity index (χ0n) is 18.6. The number of benzene rings is 2. The summed E-state index contributed by atoms with van der Waals surface area (Å²) in [4.78, 5) is 52.0. The first-order valence-corrected chi connectivity index (χ1v) is 11.5. The van der Waals surface area contributed by atoms with Gasteiger partial charge in [0, 0.05) is 36.3 Å². The third-order valence-electron chi connectivity index (χ3n) is 5.29. The summed E-state index contributed by atoms with van der Waals surface area (Å²) in [5.41, 5.74) is 6.02. The molecule has 4 rings (SSSR count). The molecule has 0 radical (unpaired) electrons. The molecular formula is C24H23N5O4S. The molecule has 0 saturated carbocycles. The monoisotopic (exact) mass is 477 g/mol. The second kappa shape index (κ2) is 9.84. The molecule has 2 heterocycles. The van der Waals surface area contributed by atoms with Crippen LogP contribution < -0.4 is 21.1 Å². The molecule has 9 nitrogen and oxygen atoms in total. The lowest BCUT2D eigenvalue weighted by atomic mass is 10.1. The van der Waals surface area contributed by atoms with Crippen molar-refractivity contribution in [1.29, 1.82) is 0 Å². The fourth-order valence-corrected chi connectivity index (χ4v) is 4.22.